The van der Waals surface area contributed by atoms with Gasteiger partial charge < -0.3 is 10.1 Å². The van der Waals surface area contributed by atoms with E-state index < -0.39 is 5.60 Å². The van der Waals surface area contributed by atoms with Gasteiger partial charge in [-0.05, 0) is 33.3 Å². The molecule has 1 aromatic carbocycles. The lowest BCUT2D eigenvalue weighted by molar-refractivity contribution is 0.0118. The van der Waals surface area contributed by atoms with Gasteiger partial charge in [0.25, 0.3) is 0 Å². The number of aryl methyl sites for hydroxylation is 1. The molecule has 1 aliphatic heterocycles. The number of piperazine rings is 1. The predicted octanol–water partition coefficient (Wildman–Crippen LogP) is 2.88. The van der Waals surface area contributed by atoms with Gasteiger partial charge in [0.2, 0.25) is 0 Å². The first kappa shape index (κ1) is 14.9. The maximum Gasteiger partial charge on any atom is 0.410 e. The van der Waals surface area contributed by atoms with Gasteiger partial charge in [0.05, 0.1) is 6.04 Å². The van der Waals surface area contributed by atoms with Gasteiger partial charge in [-0.1, -0.05) is 29.8 Å². The second-order valence-corrected chi connectivity index (χ2v) is 6.30. The molecule has 0 radical (unpaired) electrons. The Hall–Kier alpha value is -1.55. The van der Waals surface area contributed by atoms with Crippen molar-refractivity contribution < 1.29 is 9.53 Å². The van der Waals surface area contributed by atoms with Gasteiger partial charge in [0.15, 0.2) is 0 Å². The average molecular weight is 276 g/mol. The van der Waals surface area contributed by atoms with Crippen LogP contribution in [0.3, 0.4) is 0 Å². The van der Waals surface area contributed by atoms with Crippen LogP contribution in [-0.2, 0) is 4.74 Å². The van der Waals surface area contributed by atoms with Crippen molar-refractivity contribution >= 4 is 6.09 Å². The summed E-state index contributed by atoms with van der Waals surface area (Å²) < 4.78 is 5.51. The fourth-order valence-corrected chi connectivity index (χ4v) is 2.33. The summed E-state index contributed by atoms with van der Waals surface area (Å²) in [5.74, 6) is 0. The average Bonchev–Trinajstić information content (AvgIpc) is 2.38. The molecule has 0 aromatic heterocycles. The van der Waals surface area contributed by atoms with Crippen LogP contribution in [-0.4, -0.2) is 36.2 Å². The number of nitrogens with zero attached hydrogens (tertiary/aromatic N) is 1. The fourth-order valence-electron chi connectivity index (χ4n) is 2.33. The monoisotopic (exact) mass is 276 g/mol. The number of carbonyl (C=O) groups excluding carboxylic acids is 1. The van der Waals surface area contributed by atoms with E-state index in [1.54, 1.807) is 0 Å². The molecule has 20 heavy (non-hydrogen) atoms. The minimum absolute atomic E-state index is 0.0409. The number of hydrogen-bond donors (Lipinski definition) is 1. The van der Waals surface area contributed by atoms with Crippen molar-refractivity contribution in [3.05, 3.63) is 35.4 Å². The van der Waals surface area contributed by atoms with Crippen molar-refractivity contribution in [2.24, 2.45) is 0 Å². The van der Waals surface area contributed by atoms with Crippen LogP contribution >= 0.6 is 0 Å². The molecule has 2 rings (SSSR count). The molecule has 4 heteroatoms. The van der Waals surface area contributed by atoms with Gasteiger partial charge >= 0.3 is 6.09 Å². The number of amides is 1. The summed E-state index contributed by atoms with van der Waals surface area (Å²) in [5.41, 5.74) is 1.91. The third kappa shape index (κ3) is 3.73. The van der Waals surface area contributed by atoms with Gasteiger partial charge in [-0.25, -0.2) is 4.79 Å². The third-order valence-electron chi connectivity index (χ3n) is 3.33. The molecule has 1 heterocycles. The molecule has 1 saturated heterocycles. The topological polar surface area (TPSA) is 41.6 Å². The van der Waals surface area contributed by atoms with Crippen LogP contribution in [0.25, 0.3) is 0 Å². The Labute approximate surface area is 121 Å². The lowest BCUT2D eigenvalue weighted by atomic mass is 10.0. The highest BCUT2D eigenvalue weighted by atomic mass is 16.6. The van der Waals surface area contributed by atoms with Gasteiger partial charge in [-0.3, -0.25) is 4.90 Å². The largest absolute Gasteiger partial charge is 0.444 e. The molecular formula is C16H24N2O2. The molecule has 1 aromatic rings. The summed E-state index contributed by atoms with van der Waals surface area (Å²) in [4.78, 5) is 14.2. The molecule has 1 N–H and O–H groups in total. The Morgan fingerprint density at radius 2 is 1.95 bits per heavy atom. The molecule has 1 aliphatic rings. The fraction of sp³-hybridized carbons (Fsp3) is 0.562. The van der Waals surface area contributed by atoms with Crippen LogP contribution < -0.4 is 5.32 Å². The molecule has 110 valence electrons. The maximum atomic E-state index is 12.3. The van der Waals surface area contributed by atoms with E-state index in [9.17, 15) is 4.79 Å². The minimum atomic E-state index is -0.459. The van der Waals surface area contributed by atoms with E-state index in [2.05, 4.69) is 36.5 Å². The Morgan fingerprint density at radius 1 is 1.30 bits per heavy atom. The number of benzene rings is 1. The van der Waals surface area contributed by atoms with Crippen molar-refractivity contribution in [1.82, 2.24) is 10.2 Å². The van der Waals surface area contributed by atoms with Crippen molar-refractivity contribution in [3.8, 4) is 0 Å². The van der Waals surface area contributed by atoms with Crippen LogP contribution in [0.15, 0.2) is 24.3 Å². The summed E-state index contributed by atoms with van der Waals surface area (Å²) >= 11 is 0. The SMILES string of the molecule is Cc1ccc(C2CNCCN2C(=O)OC(C)(C)C)cc1. The van der Waals surface area contributed by atoms with Crippen molar-refractivity contribution in [3.63, 3.8) is 0 Å². The van der Waals surface area contributed by atoms with E-state index in [4.69, 9.17) is 4.74 Å². The highest BCUT2D eigenvalue weighted by Crippen LogP contribution is 2.24. The Bertz CT molecular complexity index is 462. The van der Waals surface area contributed by atoms with Crippen LogP contribution in [0.5, 0.6) is 0 Å². The molecule has 0 spiro atoms. The number of rotatable bonds is 1. The lowest BCUT2D eigenvalue weighted by Crippen LogP contribution is -2.50. The van der Waals surface area contributed by atoms with Gasteiger partial charge in [-0.2, -0.15) is 0 Å². The highest BCUT2D eigenvalue weighted by Gasteiger charge is 2.31. The Morgan fingerprint density at radius 3 is 2.55 bits per heavy atom. The van der Waals surface area contributed by atoms with Gasteiger partial charge in [-0.15, -0.1) is 0 Å². The quantitative estimate of drug-likeness (QED) is 0.857. The molecule has 1 atom stereocenters. The number of hydrogen-bond acceptors (Lipinski definition) is 3. The molecule has 0 saturated carbocycles. The first-order valence-electron chi connectivity index (χ1n) is 7.14. The summed E-state index contributed by atoms with van der Waals surface area (Å²) in [6.07, 6.45) is -0.232. The van der Waals surface area contributed by atoms with Crippen LogP contribution in [0.2, 0.25) is 0 Å². The van der Waals surface area contributed by atoms with E-state index in [-0.39, 0.29) is 12.1 Å². The van der Waals surface area contributed by atoms with E-state index in [0.717, 1.165) is 18.7 Å². The highest BCUT2D eigenvalue weighted by molar-refractivity contribution is 5.69. The zero-order valence-electron chi connectivity index (χ0n) is 12.8. The normalized spacial score (nSPS) is 19.8. The first-order valence-corrected chi connectivity index (χ1v) is 7.14. The standard InChI is InChI=1S/C16H24N2O2/c1-12-5-7-13(8-6-12)14-11-17-9-10-18(14)15(19)20-16(2,3)4/h5-8,14,17H,9-11H2,1-4H3. The maximum absolute atomic E-state index is 12.3. The first-order chi connectivity index (χ1) is 9.37. The smallest absolute Gasteiger partial charge is 0.410 e. The second kappa shape index (κ2) is 5.83. The molecule has 1 fully saturated rings. The van der Waals surface area contributed by atoms with E-state index in [1.165, 1.54) is 5.56 Å². The second-order valence-electron chi connectivity index (χ2n) is 6.30. The lowest BCUT2D eigenvalue weighted by Gasteiger charge is -2.37. The Balaban J connectivity index is 2.16. The van der Waals surface area contributed by atoms with Crippen LogP contribution in [0, 0.1) is 6.92 Å². The van der Waals surface area contributed by atoms with E-state index in [0.29, 0.717) is 6.54 Å². The van der Waals surface area contributed by atoms with Crippen LogP contribution in [0.4, 0.5) is 4.79 Å². The van der Waals surface area contributed by atoms with Gasteiger partial charge in [0, 0.05) is 19.6 Å². The van der Waals surface area contributed by atoms with Gasteiger partial charge in [0.1, 0.15) is 5.60 Å². The third-order valence-corrected chi connectivity index (χ3v) is 3.33. The van der Waals surface area contributed by atoms with E-state index in [1.807, 2.05) is 25.7 Å². The summed E-state index contributed by atoms with van der Waals surface area (Å²) in [6.45, 7) is 10.0. The molecule has 1 unspecified atom stereocenters. The van der Waals surface area contributed by atoms with Crippen molar-refractivity contribution in [2.75, 3.05) is 19.6 Å². The number of carbonyl (C=O) groups is 1. The molecule has 1 amide bonds. The minimum Gasteiger partial charge on any atom is -0.444 e. The molecule has 0 aliphatic carbocycles. The van der Waals surface area contributed by atoms with E-state index >= 15 is 0 Å². The van der Waals surface area contributed by atoms with Crippen molar-refractivity contribution in [1.29, 1.82) is 0 Å². The Kier molecular flexibility index (Phi) is 4.33. The summed E-state index contributed by atoms with van der Waals surface area (Å²) in [7, 11) is 0. The summed E-state index contributed by atoms with van der Waals surface area (Å²) in [6, 6.07) is 8.38. The van der Waals surface area contributed by atoms with Crippen LogP contribution in [0.1, 0.15) is 37.9 Å². The molecular weight excluding hydrogens is 252 g/mol. The number of ether oxygens (including phenoxy) is 1. The predicted molar refractivity (Wildman–Crippen MR) is 79.7 cm³/mol. The zero-order valence-corrected chi connectivity index (χ0v) is 12.8. The van der Waals surface area contributed by atoms with Crippen molar-refractivity contribution in [2.45, 2.75) is 39.3 Å². The number of nitrogens with one attached hydrogen (secondary N) is 1. The molecule has 4 nitrogen and oxygen atoms in total. The summed E-state index contributed by atoms with van der Waals surface area (Å²) in [5, 5.41) is 3.35. The zero-order chi connectivity index (χ0) is 14.8. The molecule has 0 bridgehead atoms.